The zero-order valence-corrected chi connectivity index (χ0v) is 12.6. The Labute approximate surface area is 120 Å². The van der Waals surface area contributed by atoms with Crippen molar-refractivity contribution in [2.24, 2.45) is 5.73 Å². The van der Waals surface area contributed by atoms with Gasteiger partial charge in [0.2, 0.25) is 0 Å². The van der Waals surface area contributed by atoms with E-state index in [1.54, 1.807) is 10.6 Å². The van der Waals surface area contributed by atoms with Gasteiger partial charge in [-0.25, -0.2) is 0 Å². The Morgan fingerprint density at radius 2 is 1.65 bits per heavy atom. The van der Waals surface area contributed by atoms with E-state index >= 15 is 0 Å². The van der Waals surface area contributed by atoms with Gasteiger partial charge >= 0.3 is 0 Å². The molecule has 0 bridgehead atoms. The Morgan fingerprint density at radius 3 is 2.20 bits per heavy atom. The highest BCUT2D eigenvalue weighted by molar-refractivity contribution is 5.39. The number of aryl methyl sites for hydroxylation is 4. The SMILES string of the molecule is Cc1cc(C)c(C(N)Cn2ccc(C)cc2=O)c(C)c1. The van der Waals surface area contributed by atoms with Gasteiger partial charge in [0.25, 0.3) is 5.56 Å². The van der Waals surface area contributed by atoms with Crippen molar-refractivity contribution in [3.63, 3.8) is 0 Å². The van der Waals surface area contributed by atoms with Crippen LogP contribution in [0.2, 0.25) is 0 Å². The first-order chi connectivity index (χ1) is 9.38. The van der Waals surface area contributed by atoms with Crippen molar-refractivity contribution >= 4 is 0 Å². The molecule has 0 saturated carbocycles. The normalized spacial score (nSPS) is 12.4. The number of pyridine rings is 1. The molecule has 1 heterocycles. The predicted molar refractivity (Wildman–Crippen MR) is 83.0 cm³/mol. The Kier molecular flexibility index (Phi) is 4.09. The van der Waals surface area contributed by atoms with Gasteiger partial charge in [0.05, 0.1) is 0 Å². The monoisotopic (exact) mass is 270 g/mol. The van der Waals surface area contributed by atoms with Crippen molar-refractivity contribution in [2.75, 3.05) is 0 Å². The third-order valence-electron chi connectivity index (χ3n) is 3.65. The summed E-state index contributed by atoms with van der Waals surface area (Å²) in [6.45, 7) is 8.66. The van der Waals surface area contributed by atoms with Crippen molar-refractivity contribution in [2.45, 2.75) is 40.3 Å². The van der Waals surface area contributed by atoms with Crippen LogP contribution in [0.4, 0.5) is 0 Å². The van der Waals surface area contributed by atoms with Crippen LogP contribution < -0.4 is 11.3 Å². The van der Waals surface area contributed by atoms with E-state index in [1.165, 1.54) is 16.7 Å². The molecule has 0 aliphatic carbocycles. The molecule has 1 aromatic heterocycles. The van der Waals surface area contributed by atoms with Crippen LogP contribution in [-0.4, -0.2) is 4.57 Å². The number of nitrogens with two attached hydrogens (primary N) is 1. The topological polar surface area (TPSA) is 48.0 Å². The molecule has 0 aliphatic heterocycles. The molecule has 20 heavy (non-hydrogen) atoms. The molecule has 1 aromatic carbocycles. The van der Waals surface area contributed by atoms with Crippen LogP contribution in [0, 0.1) is 27.7 Å². The van der Waals surface area contributed by atoms with E-state index in [4.69, 9.17) is 5.73 Å². The summed E-state index contributed by atoms with van der Waals surface area (Å²) in [6, 6.07) is 7.68. The second-order valence-electron chi connectivity index (χ2n) is 5.61. The molecule has 2 rings (SSSR count). The largest absolute Gasteiger partial charge is 0.322 e. The number of nitrogens with zero attached hydrogens (tertiary/aromatic N) is 1. The molecule has 0 aliphatic rings. The number of hydrogen-bond acceptors (Lipinski definition) is 2. The van der Waals surface area contributed by atoms with Crippen molar-refractivity contribution in [3.8, 4) is 0 Å². The van der Waals surface area contributed by atoms with Crippen LogP contribution in [0.15, 0.2) is 35.3 Å². The van der Waals surface area contributed by atoms with Crippen LogP contribution in [0.3, 0.4) is 0 Å². The van der Waals surface area contributed by atoms with Gasteiger partial charge in [-0.3, -0.25) is 4.79 Å². The molecule has 0 amide bonds. The van der Waals surface area contributed by atoms with Gasteiger partial charge < -0.3 is 10.3 Å². The highest BCUT2D eigenvalue weighted by Crippen LogP contribution is 2.22. The van der Waals surface area contributed by atoms with E-state index in [-0.39, 0.29) is 11.6 Å². The van der Waals surface area contributed by atoms with E-state index in [0.29, 0.717) is 6.54 Å². The summed E-state index contributed by atoms with van der Waals surface area (Å²) in [6.07, 6.45) is 1.82. The number of benzene rings is 1. The van der Waals surface area contributed by atoms with Crippen molar-refractivity contribution in [1.82, 2.24) is 4.57 Å². The van der Waals surface area contributed by atoms with Gasteiger partial charge in [0, 0.05) is 24.8 Å². The van der Waals surface area contributed by atoms with E-state index in [0.717, 1.165) is 11.1 Å². The van der Waals surface area contributed by atoms with E-state index in [1.807, 2.05) is 19.2 Å². The predicted octanol–water partition coefficient (Wildman–Crippen LogP) is 2.78. The Balaban J connectivity index is 2.33. The Hall–Kier alpha value is -1.87. The van der Waals surface area contributed by atoms with Crippen molar-refractivity contribution in [3.05, 3.63) is 68.6 Å². The van der Waals surface area contributed by atoms with Crippen LogP contribution in [0.5, 0.6) is 0 Å². The molecular formula is C17H22N2O. The third kappa shape index (κ3) is 2.99. The molecule has 2 N–H and O–H groups in total. The molecule has 0 saturated heterocycles. The molecular weight excluding hydrogens is 248 g/mol. The number of aromatic nitrogens is 1. The van der Waals surface area contributed by atoms with E-state index < -0.39 is 0 Å². The lowest BCUT2D eigenvalue weighted by molar-refractivity contribution is 0.557. The van der Waals surface area contributed by atoms with E-state index in [2.05, 4.69) is 32.9 Å². The minimum Gasteiger partial charge on any atom is -0.322 e. The average Bonchev–Trinajstić information content (AvgIpc) is 2.31. The molecule has 0 spiro atoms. The smallest absolute Gasteiger partial charge is 0.250 e. The minimum atomic E-state index is -0.170. The summed E-state index contributed by atoms with van der Waals surface area (Å²) in [4.78, 5) is 11.9. The standard InChI is InChI=1S/C17H22N2O/c1-11-5-6-19(16(20)9-11)10-15(18)17-13(3)7-12(2)8-14(17)4/h5-9,15H,10,18H2,1-4H3. The molecule has 3 nitrogen and oxygen atoms in total. The maximum atomic E-state index is 11.9. The second-order valence-corrected chi connectivity index (χ2v) is 5.61. The zero-order chi connectivity index (χ0) is 14.9. The fourth-order valence-electron chi connectivity index (χ4n) is 2.84. The van der Waals surface area contributed by atoms with E-state index in [9.17, 15) is 4.79 Å². The molecule has 1 atom stereocenters. The van der Waals surface area contributed by atoms with Crippen LogP contribution in [0.25, 0.3) is 0 Å². The maximum absolute atomic E-state index is 11.9. The number of rotatable bonds is 3. The molecule has 0 radical (unpaired) electrons. The Bertz CT molecular complexity index is 663. The summed E-state index contributed by atoms with van der Waals surface area (Å²) < 4.78 is 1.68. The first-order valence-electron chi connectivity index (χ1n) is 6.89. The van der Waals surface area contributed by atoms with Crippen molar-refractivity contribution < 1.29 is 0 Å². The quantitative estimate of drug-likeness (QED) is 0.932. The third-order valence-corrected chi connectivity index (χ3v) is 3.65. The maximum Gasteiger partial charge on any atom is 0.250 e. The van der Waals surface area contributed by atoms with Crippen LogP contribution >= 0.6 is 0 Å². The van der Waals surface area contributed by atoms with Gasteiger partial charge in [0.15, 0.2) is 0 Å². The average molecular weight is 270 g/mol. The Morgan fingerprint density at radius 1 is 1.05 bits per heavy atom. The number of hydrogen-bond donors (Lipinski definition) is 1. The van der Waals surface area contributed by atoms with Crippen molar-refractivity contribution in [1.29, 1.82) is 0 Å². The fraction of sp³-hybridized carbons (Fsp3) is 0.353. The molecule has 3 heteroatoms. The summed E-state index contributed by atoms with van der Waals surface area (Å²) >= 11 is 0. The first kappa shape index (κ1) is 14.5. The van der Waals surface area contributed by atoms with Gasteiger partial charge in [-0.2, -0.15) is 0 Å². The zero-order valence-electron chi connectivity index (χ0n) is 12.6. The summed E-state index contributed by atoms with van der Waals surface area (Å²) in [5.74, 6) is 0. The lowest BCUT2D eigenvalue weighted by Crippen LogP contribution is -2.27. The minimum absolute atomic E-state index is 0.00266. The first-order valence-corrected chi connectivity index (χ1v) is 6.89. The fourth-order valence-corrected chi connectivity index (χ4v) is 2.84. The highest BCUT2D eigenvalue weighted by atomic mass is 16.1. The molecule has 106 valence electrons. The summed E-state index contributed by atoms with van der Waals surface area (Å²) in [7, 11) is 0. The van der Waals surface area contributed by atoms with Gasteiger partial charge in [-0.05, 0) is 56.0 Å². The summed E-state index contributed by atoms with van der Waals surface area (Å²) in [5, 5.41) is 0. The lowest BCUT2D eigenvalue weighted by atomic mass is 9.94. The van der Waals surface area contributed by atoms with Gasteiger partial charge in [-0.15, -0.1) is 0 Å². The molecule has 0 fully saturated rings. The second kappa shape index (κ2) is 5.63. The molecule has 2 aromatic rings. The van der Waals surface area contributed by atoms with Crippen LogP contribution in [0.1, 0.15) is 33.9 Å². The highest BCUT2D eigenvalue weighted by Gasteiger charge is 2.13. The van der Waals surface area contributed by atoms with Crippen LogP contribution in [-0.2, 0) is 6.54 Å². The van der Waals surface area contributed by atoms with Gasteiger partial charge in [-0.1, -0.05) is 17.7 Å². The lowest BCUT2D eigenvalue weighted by Gasteiger charge is -2.19. The molecule has 1 unspecified atom stereocenters. The van der Waals surface area contributed by atoms with Gasteiger partial charge in [0.1, 0.15) is 0 Å². The summed E-state index contributed by atoms with van der Waals surface area (Å²) in [5.41, 5.74) is 12.1.